The van der Waals surface area contributed by atoms with E-state index in [0.717, 1.165) is 18.0 Å². The fourth-order valence-electron chi connectivity index (χ4n) is 3.09. The normalized spacial score (nSPS) is 20.5. The molecule has 24 heavy (non-hydrogen) atoms. The number of carbonyl (C=O) groups excluding carboxylic acids is 2. The number of hydrogen-bond donors (Lipinski definition) is 1. The highest BCUT2D eigenvalue weighted by molar-refractivity contribution is 6.00. The van der Waals surface area contributed by atoms with Gasteiger partial charge in [-0.15, -0.1) is 0 Å². The Morgan fingerprint density at radius 3 is 2.67 bits per heavy atom. The zero-order valence-electron chi connectivity index (χ0n) is 14.3. The lowest BCUT2D eigenvalue weighted by Gasteiger charge is -2.18. The fourth-order valence-corrected chi connectivity index (χ4v) is 3.09. The van der Waals surface area contributed by atoms with Gasteiger partial charge in [-0.25, -0.2) is 0 Å². The molecule has 1 aliphatic carbocycles. The molecule has 1 saturated heterocycles. The lowest BCUT2D eigenvalue weighted by atomic mass is 10.1. The first-order valence-corrected chi connectivity index (χ1v) is 8.51. The Kier molecular flexibility index (Phi) is 5.04. The Balaban J connectivity index is 1.50. The largest absolute Gasteiger partial charge is 0.497 e. The third-order valence-electron chi connectivity index (χ3n) is 4.81. The maximum atomic E-state index is 12.3. The lowest BCUT2D eigenvalue weighted by molar-refractivity contribution is -0.126. The van der Waals surface area contributed by atoms with Crippen molar-refractivity contribution in [2.45, 2.75) is 25.3 Å². The molecule has 0 spiro atoms. The number of benzene rings is 1. The Labute approximate surface area is 142 Å². The van der Waals surface area contributed by atoms with Gasteiger partial charge in [0, 0.05) is 37.8 Å². The molecular weight excluding hydrogens is 306 g/mol. The maximum Gasteiger partial charge on any atom is 0.227 e. The molecular formula is C18H25N3O3. The molecule has 1 saturated carbocycles. The van der Waals surface area contributed by atoms with E-state index in [-0.39, 0.29) is 24.2 Å². The number of methoxy groups -OCH3 is 1. The first-order chi connectivity index (χ1) is 11.6. The molecule has 1 N–H and O–H groups in total. The zero-order chi connectivity index (χ0) is 17.1. The molecule has 6 nitrogen and oxygen atoms in total. The van der Waals surface area contributed by atoms with E-state index >= 15 is 0 Å². The predicted molar refractivity (Wildman–Crippen MR) is 92.1 cm³/mol. The van der Waals surface area contributed by atoms with Crippen LogP contribution in [-0.4, -0.2) is 56.5 Å². The molecule has 1 unspecified atom stereocenters. The van der Waals surface area contributed by atoms with Crippen molar-refractivity contribution in [3.05, 3.63) is 24.3 Å². The number of rotatable bonds is 7. The molecule has 1 aliphatic heterocycles. The van der Waals surface area contributed by atoms with Crippen LogP contribution in [0, 0.1) is 5.92 Å². The molecule has 2 fully saturated rings. The summed E-state index contributed by atoms with van der Waals surface area (Å²) in [4.78, 5) is 28.5. The summed E-state index contributed by atoms with van der Waals surface area (Å²) in [5, 5.41) is 2.97. The minimum absolute atomic E-state index is 0.00425. The third kappa shape index (κ3) is 3.87. The van der Waals surface area contributed by atoms with Crippen molar-refractivity contribution < 1.29 is 14.3 Å². The van der Waals surface area contributed by atoms with E-state index < -0.39 is 0 Å². The molecule has 0 aromatic heterocycles. The number of nitrogens with zero attached hydrogens (tertiary/aromatic N) is 2. The Hall–Kier alpha value is -2.08. The SMILES string of the molecule is COc1ccc(N2CC(C(=O)NCCN(C)C3CC3)CC2=O)cc1. The van der Waals surface area contributed by atoms with Gasteiger partial charge in [0.15, 0.2) is 0 Å². The van der Waals surface area contributed by atoms with Gasteiger partial charge < -0.3 is 19.9 Å². The van der Waals surface area contributed by atoms with Crippen LogP contribution >= 0.6 is 0 Å². The second kappa shape index (κ2) is 7.21. The highest BCUT2D eigenvalue weighted by atomic mass is 16.5. The molecule has 0 bridgehead atoms. The minimum atomic E-state index is -0.272. The van der Waals surface area contributed by atoms with E-state index in [9.17, 15) is 9.59 Å². The Bertz CT molecular complexity index is 598. The van der Waals surface area contributed by atoms with E-state index in [1.807, 2.05) is 24.3 Å². The Morgan fingerprint density at radius 1 is 1.33 bits per heavy atom. The molecule has 1 aromatic rings. The molecule has 6 heteroatoms. The van der Waals surface area contributed by atoms with Crippen molar-refractivity contribution in [2.75, 3.05) is 38.7 Å². The van der Waals surface area contributed by atoms with Crippen LogP contribution in [0.15, 0.2) is 24.3 Å². The molecule has 1 aromatic carbocycles. The predicted octanol–water partition coefficient (Wildman–Crippen LogP) is 1.26. The summed E-state index contributed by atoms with van der Waals surface area (Å²) in [6.07, 6.45) is 2.80. The van der Waals surface area contributed by atoms with Gasteiger partial charge in [0.25, 0.3) is 0 Å². The number of nitrogens with one attached hydrogen (secondary N) is 1. The molecule has 1 heterocycles. The fraction of sp³-hybridized carbons (Fsp3) is 0.556. The summed E-state index contributed by atoms with van der Waals surface area (Å²) in [7, 11) is 3.70. The summed E-state index contributed by atoms with van der Waals surface area (Å²) in [5.74, 6) is 0.448. The zero-order valence-corrected chi connectivity index (χ0v) is 14.3. The van der Waals surface area contributed by atoms with Crippen LogP contribution < -0.4 is 15.0 Å². The minimum Gasteiger partial charge on any atom is -0.497 e. The summed E-state index contributed by atoms with van der Waals surface area (Å²) >= 11 is 0. The van der Waals surface area contributed by atoms with Gasteiger partial charge in [-0.05, 0) is 44.2 Å². The van der Waals surface area contributed by atoms with Crippen LogP contribution in [-0.2, 0) is 9.59 Å². The number of anilines is 1. The average molecular weight is 331 g/mol. The van der Waals surface area contributed by atoms with E-state index in [2.05, 4.69) is 17.3 Å². The average Bonchev–Trinajstić information content (AvgIpc) is 3.37. The van der Waals surface area contributed by atoms with Gasteiger partial charge in [0.1, 0.15) is 5.75 Å². The van der Waals surface area contributed by atoms with Gasteiger partial charge >= 0.3 is 0 Å². The second-order valence-electron chi connectivity index (χ2n) is 6.61. The second-order valence-corrected chi connectivity index (χ2v) is 6.61. The highest BCUT2D eigenvalue weighted by Gasteiger charge is 2.35. The number of likely N-dealkylation sites (N-methyl/N-ethyl adjacent to an activating group) is 1. The van der Waals surface area contributed by atoms with Gasteiger partial charge in [0.05, 0.1) is 13.0 Å². The van der Waals surface area contributed by atoms with Crippen molar-refractivity contribution in [1.29, 1.82) is 0 Å². The van der Waals surface area contributed by atoms with Crippen molar-refractivity contribution in [3.8, 4) is 5.75 Å². The van der Waals surface area contributed by atoms with Crippen LogP contribution in [0.4, 0.5) is 5.69 Å². The molecule has 2 amide bonds. The number of ether oxygens (including phenoxy) is 1. The topological polar surface area (TPSA) is 61.9 Å². The van der Waals surface area contributed by atoms with E-state index in [1.165, 1.54) is 12.8 Å². The van der Waals surface area contributed by atoms with E-state index in [1.54, 1.807) is 12.0 Å². The highest BCUT2D eigenvalue weighted by Crippen LogP contribution is 2.27. The van der Waals surface area contributed by atoms with Crippen molar-refractivity contribution in [2.24, 2.45) is 5.92 Å². The summed E-state index contributed by atoms with van der Waals surface area (Å²) in [5.41, 5.74) is 0.810. The van der Waals surface area contributed by atoms with E-state index in [0.29, 0.717) is 19.1 Å². The molecule has 1 atom stereocenters. The van der Waals surface area contributed by atoms with E-state index in [4.69, 9.17) is 4.74 Å². The first-order valence-electron chi connectivity index (χ1n) is 8.51. The van der Waals surface area contributed by atoms with Crippen LogP contribution in [0.5, 0.6) is 5.75 Å². The van der Waals surface area contributed by atoms with Crippen LogP contribution in [0.1, 0.15) is 19.3 Å². The van der Waals surface area contributed by atoms with Crippen LogP contribution in [0.25, 0.3) is 0 Å². The first kappa shape index (κ1) is 16.8. The van der Waals surface area contributed by atoms with Crippen LogP contribution in [0.3, 0.4) is 0 Å². The smallest absolute Gasteiger partial charge is 0.227 e. The lowest BCUT2D eigenvalue weighted by Crippen LogP contribution is -2.38. The number of carbonyl (C=O) groups is 2. The molecule has 130 valence electrons. The number of hydrogen-bond acceptors (Lipinski definition) is 4. The van der Waals surface area contributed by atoms with Gasteiger partial charge in [-0.1, -0.05) is 0 Å². The quantitative estimate of drug-likeness (QED) is 0.817. The Morgan fingerprint density at radius 2 is 2.04 bits per heavy atom. The molecule has 3 rings (SSSR count). The van der Waals surface area contributed by atoms with Crippen LogP contribution in [0.2, 0.25) is 0 Å². The standard InChI is InChI=1S/C18H25N3O3/c1-20(14-3-4-14)10-9-19-18(23)13-11-17(22)21(12-13)15-5-7-16(24-2)8-6-15/h5-8,13-14H,3-4,9-12H2,1-2H3,(H,19,23). The summed E-state index contributed by atoms with van der Waals surface area (Å²) in [6.45, 7) is 1.94. The van der Waals surface area contributed by atoms with Gasteiger partial charge in [0.2, 0.25) is 11.8 Å². The summed E-state index contributed by atoms with van der Waals surface area (Å²) < 4.78 is 5.13. The molecule has 2 aliphatic rings. The maximum absolute atomic E-state index is 12.3. The number of amides is 2. The van der Waals surface area contributed by atoms with Gasteiger partial charge in [-0.2, -0.15) is 0 Å². The summed E-state index contributed by atoms with van der Waals surface area (Å²) in [6, 6.07) is 8.04. The van der Waals surface area contributed by atoms with Crippen molar-refractivity contribution in [3.63, 3.8) is 0 Å². The van der Waals surface area contributed by atoms with Crippen molar-refractivity contribution in [1.82, 2.24) is 10.2 Å². The van der Waals surface area contributed by atoms with Gasteiger partial charge in [-0.3, -0.25) is 9.59 Å². The third-order valence-corrected chi connectivity index (χ3v) is 4.81. The molecule has 0 radical (unpaired) electrons. The van der Waals surface area contributed by atoms with Crippen molar-refractivity contribution >= 4 is 17.5 Å². The monoisotopic (exact) mass is 331 g/mol.